The molecule has 1 aromatic heterocycles. The molecule has 156 valence electrons. The van der Waals surface area contributed by atoms with Crippen molar-refractivity contribution in [2.45, 2.75) is 49.9 Å². The first-order valence-electron chi connectivity index (χ1n) is 10.4. The Morgan fingerprint density at radius 1 is 1.31 bits per heavy atom. The fourth-order valence-corrected chi connectivity index (χ4v) is 6.30. The van der Waals surface area contributed by atoms with E-state index in [0.29, 0.717) is 23.4 Å². The maximum atomic E-state index is 12.4. The molecule has 29 heavy (non-hydrogen) atoms. The summed E-state index contributed by atoms with van der Waals surface area (Å²) in [6, 6.07) is 8.02. The van der Waals surface area contributed by atoms with E-state index in [9.17, 15) is 4.79 Å². The molecule has 0 spiro atoms. The Hall–Kier alpha value is -1.80. The molecular weight excluding hydrogens is 404 g/mol. The molecule has 1 aromatic carbocycles. The highest BCUT2D eigenvalue weighted by Gasteiger charge is 2.42. The molecule has 2 N–H and O–H groups in total. The Kier molecular flexibility index (Phi) is 6.60. The third-order valence-electron chi connectivity index (χ3n) is 5.99. The summed E-state index contributed by atoms with van der Waals surface area (Å²) in [6.07, 6.45) is 5.39. The molecule has 2 aliphatic carbocycles. The highest BCUT2D eigenvalue weighted by Crippen LogP contribution is 2.49. The summed E-state index contributed by atoms with van der Waals surface area (Å²) in [5, 5.41) is 15.5. The number of amides is 1. The molecule has 2 fully saturated rings. The van der Waals surface area contributed by atoms with Crippen LogP contribution in [0.1, 0.15) is 39.5 Å². The maximum absolute atomic E-state index is 12.4. The van der Waals surface area contributed by atoms with Gasteiger partial charge >= 0.3 is 0 Å². The first-order chi connectivity index (χ1) is 14.1. The Morgan fingerprint density at radius 2 is 2.17 bits per heavy atom. The number of carbonyl (C=O) groups excluding carboxylic acids is 1. The number of rotatable bonds is 9. The summed E-state index contributed by atoms with van der Waals surface area (Å²) >= 11 is 2.88. The lowest BCUT2D eigenvalue weighted by atomic mass is 9.84. The minimum absolute atomic E-state index is 0.0803. The van der Waals surface area contributed by atoms with Crippen molar-refractivity contribution in [3.8, 4) is 5.75 Å². The van der Waals surface area contributed by atoms with E-state index in [-0.39, 0.29) is 11.9 Å². The van der Waals surface area contributed by atoms with Crippen molar-refractivity contribution in [2.24, 2.45) is 17.8 Å². The van der Waals surface area contributed by atoms with Crippen molar-refractivity contribution in [3.63, 3.8) is 0 Å². The molecule has 1 amide bonds. The van der Waals surface area contributed by atoms with Gasteiger partial charge in [-0.25, -0.2) is 0 Å². The van der Waals surface area contributed by atoms with Crippen LogP contribution in [-0.4, -0.2) is 34.5 Å². The van der Waals surface area contributed by atoms with Crippen molar-refractivity contribution >= 4 is 39.8 Å². The molecule has 0 aliphatic heterocycles. The monoisotopic (exact) mass is 432 g/mol. The molecule has 4 unspecified atom stereocenters. The molecule has 6 nitrogen and oxygen atoms in total. The van der Waals surface area contributed by atoms with E-state index in [1.165, 1.54) is 48.8 Å². The molecule has 4 atom stereocenters. The van der Waals surface area contributed by atoms with Gasteiger partial charge in [0.2, 0.25) is 11.0 Å². The van der Waals surface area contributed by atoms with Gasteiger partial charge in [0, 0.05) is 6.04 Å². The van der Waals surface area contributed by atoms with Gasteiger partial charge in [0.15, 0.2) is 4.34 Å². The second-order valence-electron chi connectivity index (χ2n) is 7.91. The van der Waals surface area contributed by atoms with Crippen molar-refractivity contribution in [1.29, 1.82) is 0 Å². The molecule has 2 aromatic rings. The maximum Gasteiger partial charge on any atom is 0.230 e. The summed E-state index contributed by atoms with van der Waals surface area (Å²) < 4.78 is 6.41. The Balaban J connectivity index is 1.25. The molecule has 8 heteroatoms. The summed E-state index contributed by atoms with van der Waals surface area (Å²) in [4.78, 5) is 12.4. The quantitative estimate of drug-likeness (QED) is 0.559. The molecule has 4 rings (SSSR count). The fourth-order valence-electron chi connectivity index (χ4n) is 4.72. The van der Waals surface area contributed by atoms with Crippen LogP contribution in [0.15, 0.2) is 28.6 Å². The van der Waals surface area contributed by atoms with Crippen LogP contribution >= 0.6 is 23.1 Å². The van der Waals surface area contributed by atoms with Crippen molar-refractivity contribution in [2.75, 3.05) is 17.7 Å². The normalized spacial score (nSPS) is 23.7. The van der Waals surface area contributed by atoms with E-state index in [4.69, 9.17) is 4.74 Å². The van der Waals surface area contributed by atoms with E-state index in [0.717, 1.165) is 27.6 Å². The number of benzene rings is 1. The van der Waals surface area contributed by atoms with Crippen LogP contribution in [0.5, 0.6) is 5.75 Å². The number of fused-ring (bicyclic) bond motifs is 2. The number of para-hydroxylation sites is 2. The van der Waals surface area contributed by atoms with Crippen LogP contribution < -0.4 is 15.4 Å². The number of thioether (sulfide) groups is 1. The van der Waals surface area contributed by atoms with E-state index >= 15 is 0 Å². The van der Waals surface area contributed by atoms with Crippen molar-refractivity contribution in [3.05, 3.63) is 24.3 Å². The third kappa shape index (κ3) is 5.04. The lowest BCUT2D eigenvalue weighted by molar-refractivity contribution is -0.119. The van der Waals surface area contributed by atoms with E-state index in [1.807, 2.05) is 31.2 Å². The van der Waals surface area contributed by atoms with Gasteiger partial charge in [-0.1, -0.05) is 41.7 Å². The van der Waals surface area contributed by atoms with Gasteiger partial charge in [-0.2, -0.15) is 0 Å². The number of carbonyl (C=O) groups is 1. The largest absolute Gasteiger partial charge is 0.492 e. The van der Waals surface area contributed by atoms with Crippen LogP contribution in [0.2, 0.25) is 0 Å². The number of aromatic nitrogens is 2. The zero-order chi connectivity index (χ0) is 20.2. The van der Waals surface area contributed by atoms with Gasteiger partial charge in [-0.05, 0) is 63.0 Å². The lowest BCUT2D eigenvalue weighted by Crippen LogP contribution is -2.40. The van der Waals surface area contributed by atoms with Gasteiger partial charge < -0.3 is 15.4 Å². The standard InChI is InChI=1S/C21H28N4O2S2/c1-3-27-18-7-5-4-6-17(18)23-20-24-25-21(29-20)28-12-19(26)22-13(2)16-11-14-8-9-15(16)10-14/h4-7,13-16H,3,8-12H2,1-2H3,(H,22,26)(H,23,24). The zero-order valence-electron chi connectivity index (χ0n) is 16.9. The molecule has 2 saturated carbocycles. The average Bonchev–Trinajstić information content (AvgIpc) is 3.45. The van der Waals surface area contributed by atoms with Crippen LogP contribution in [0, 0.1) is 17.8 Å². The van der Waals surface area contributed by atoms with Gasteiger partial charge in [0.05, 0.1) is 18.0 Å². The van der Waals surface area contributed by atoms with Crippen LogP contribution in [0.25, 0.3) is 0 Å². The fraction of sp³-hybridized carbons (Fsp3) is 0.571. The van der Waals surface area contributed by atoms with Gasteiger partial charge in [0.25, 0.3) is 0 Å². The minimum atomic E-state index is 0.0803. The Bertz CT molecular complexity index is 844. The number of nitrogens with zero attached hydrogens (tertiary/aromatic N) is 2. The number of hydrogen-bond donors (Lipinski definition) is 2. The molecule has 2 aliphatic rings. The topological polar surface area (TPSA) is 76.1 Å². The second kappa shape index (κ2) is 9.34. The van der Waals surface area contributed by atoms with Gasteiger partial charge in [0.1, 0.15) is 5.75 Å². The smallest absolute Gasteiger partial charge is 0.230 e. The average molecular weight is 433 g/mol. The lowest BCUT2D eigenvalue weighted by Gasteiger charge is -2.28. The van der Waals surface area contributed by atoms with Gasteiger partial charge in [-0.15, -0.1) is 10.2 Å². The predicted molar refractivity (Wildman–Crippen MR) is 118 cm³/mol. The summed E-state index contributed by atoms with van der Waals surface area (Å²) in [5.41, 5.74) is 0.861. The highest BCUT2D eigenvalue weighted by atomic mass is 32.2. The zero-order valence-corrected chi connectivity index (χ0v) is 18.5. The van der Waals surface area contributed by atoms with E-state index < -0.39 is 0 Å². The predicted octanol–water partition coefficient (Wildman–Crippen LogP) is 4.71. The van der Waals surface area contributed by atoms with Gasteiger partial charge in [-0.3, -0.25) is 4.79 Å². The number of hydrogen-bond acceptors (Lipinski definition) is 7. The molecule has 1 heterocycles. The number of anilines is 2. The minimum Gasteiger partial charge on any atom is -0.492 e. The SMILES string of the molecule is CCOc1ccccc1Nc1nnc(SCC(=O)NC(C)C2CC3CCC2C3)s1. The Labute approximate surface area is 180 Å². The Morgan fingerprint density at radius 3 is 2.93 bits per heavy atom. The number of ether oxygens (including phenoxy) is 1. The first-order valence-corrected chi connectivity index (χ1v) is 12.2. The second-order valence-corrected chi connectivity index (χ2v) is 10.1. The molecular formula is C21H28N4O2S2. The summed E-state index contributed by atoms with van der Waals surface area (Å²) in [6.45, 7) is 4.72. The van der Waals surface area contributed by atoms with Crippen molar-refractivity contribution in [1.82, 2.24) is 15.5 Å². The number of nitrogens with one attached hydrogen (secondary N) is 2. The van der Waals surface area contributed by atoms with Crippen LogP contribution in [0.4, 0.5) is 10.8 Å². The van der Waals surface area contributed by atoms with E-state index in [2.05, 4.69) is 27.8 Å². The molecule has 0 saturated heterocycles. The van der Waals surface area contributed by atoms with Crippen molar-refractivity contribution < 1.29 is 9.53 Å². The molecule has 2 bridgehead atoms. The first kappa shape index (κ1) is 20.5. The summed E-state index contributed by atoms with van der Waals surface area (Å²) in [7, 11) is 0. The third-order valence-corrected chi connectivity index (χ3v) is 7.96. The van der Waals surface area contributed by atoms with E-state index in [1.54, 1.807) is 0 Å². The van der Waals surface area contributed by atoms with Crippen LogP contribution in [-0.2, 0) is 4.79 Å². The highest BCUT2D eigenvalue weighted by molar-refractivity contribution is 8.01. The molecule has 0 radical (unpaired) electrons. The van der Waals surface area contributed by atoms with Crippen LogP contribution in [0.3, 0.4) is 0 Å². The summed E-state index contributed by atoms with van der Waals surface area (Å²) in [5.74, 6) is 3.61.